The average Bonchev–Trinajstić information content (AvgIpc) is 2.35. The van der Waals surface area contributed by atoms with E-state index < -0.39 is 23.1 Å². The normalized spacial score (nSPS) is 10.3. The Balaban J connectivity index is 2.41. The van der Waals surface area contributed by atoms with E-state index in [4.69, 9.17) is 10.5 Å². The fraction of sp³-hybridized carbons (Fsp3) is 0.0769. The SMILES string of the molecule is COc1ccc(F)c(Nc2c(F)cc(N)cc2F)c1. The number of rotatable bonds is 3. The molecule has 0 aromatic heterocycles. The Labute approximate surface area is 107 Å². The van der Waals surface area contributed by atoms with Crippen molar-refractivity contribution >= 4 is 17.1 Å². The first-order chi connectivity index (χ1) is 9.01. The largest absolute Gasteiger partial charge is 0.497 e. The van der Waals surface area contributed by atoms with E-state index in [0.29, 0.717) is 5.75 Å². The summed E-state index contributed by atoms with van der Waals surface area (Å²) in [5.74, 6) is -2.10. The molecule has 0 radical (unpaired) electrons. The molecule has 100 valence electrons. The molecular weight excluding hydrogens is 257 g/mol. The number of ether oxygens (including phenoxy) is 1. The van der Waals surface area contributed by atoms with Crippen LogP contribution in [0, 0.1) is 17.5 Å². The van der Waals surface area contributed by atoms with Crippen LogP contribution in [0.5, 0.6) is 5.75 Å². The number of nitrogen functional groups attached to an aromatic ring is 1. The summed E-state index contributed by atoms with van der Waals surface area (Å²) in [4.78, 5) is 0. The standard InChI is InChI=1S/C13H11F3N2O/c1-19-8-2-3-9(14)12(6-8)18-13-10(15)4-7(17)5-11(13)16/h2-6,18H,17H2,1H3. The molecule has 0 aliphatic rings. The Bertz CT molecular complexity index is 594. The minimum atomic E-state index is -0.903. The lowest BCUT2D eigenvalue weighted by molar-refractivity contribution is 0.414. The van der Waals surface area contributed by atoms with Crippen LogP contribution in [-0.4, -0.2) is 7.11 Å². The number of nitrogens with two attached hydrogens (primary N) is 1. The van der Waals surface area contributed by atoms with Crippen molar-refractivity contribution < 1.29 is 17.9 Å². The van der Waals surface area contributed by atoms with Crippen LogP contribution in [0.3, 0.4) is 0 Å². The highest BCUT2D eigenvalue weighted by molar-refractivity contribution is 5.65. The maximum absolute atomic E-state index is 13.6. The Morgan fingerprint density at radius 3 is 2.21 bits per heavy atom. The van der Waals surface area contributed by atoms with Crippen molar-refractivity contribution in [1.82, 2.24) is 0 Å². The molecule has 0 atom stereocenters. The van der Waals surface area contributed by atoms with E-state index in [9.17, 15) is 13.2 Å². The van der Waals surface area contributed by atoms with E-state index in [1.165, 1.54) is 19.2 Å². The van der Waals surface area contributed by atoms with Gasteiger partial charge in [-0.1, -0.05) is 0 Å². The highest BCUT2D eigenvalue weighted by atomic mass is 19.1. The van der Waals surface area contributed by atoms with E-state index in [1.807, 2.05) is 0 Å². The van der Waals surface area contributed by atoms with Gasteiger partial charge in [-0.2, -0.15) is 0 Å². The molecule has 2 aromatic rings. The molecule has 3 N–H and O–H groups in total. The Kier molecular flexibility index (Phi) is 3.50. The van der Waals surface area contributed by atoms with Gasteiger partial charge in [-0.25, -0.2) is 13.2 Å². The molecule has 19 heavy (non-hydrogen) atoms. The summed E-state index contributed by atoms with van der Waals surface area (Å²) in [5, 5.41) is 2.35. The van der Waals surface area contributed by atoms with E-state index >= 15 is 0 Å². The van der Waals surface area contributed by atoms with Gasteiger partial charge in [0.25, 0.3) is 0 Å². The third-order valence-corrected chi connectivity index (χ3v) is 2.50. The molecule has 0 saturated carbocycles. The topological polar surface area (TPSA) is 47.3 Å². The van der Waals surface area contributed by atoms with Crippen molar-refractivity contribution in [2.75, 3.05) is 18.2 Å². The van der Waals surface area contributed by atoms with E-state index in [1.54, 1.807) is 0 Å². The maximum Gasteiger partial charge on any atom is 0.151 e. The average molecular weight is 268 g/mol. The summed E-state index contributed by atoms with van der Waals surface area (Å²) in [5.41, 5.74) is 4.68. The molecule has 2 aromatic carbocycles. The third-order valence-electron chi connectivity index (χ3n) is 2.50. The summed E-state index contributed by atoms with van der Waals surface area (Å²) < 4.78 is 45.6. The number of benzene rings is 2. The van der Waals surface area contributed by atoms with Crippen molar-refractivity contribution in [1.29, 1.82) is 0 Å². The first-order valence-corrected chi connectivity index (χ1v) is 5.36. The summed E-state index contributed by atoms with van der Waals surface area (Å²) in [6.07, 6.45) is 0. The Morgan fingerprint density at radius 2 is 1.63 bits per heavy atom. The van der Waals surface area contributed by atoms with Crippen LogP contribution in [0.4, 0.5) is 30.2 Å². The second-order valence-corrected chi connectivity index (χ2v) is 3.83. The quantitative estimate of drug-likeness (QED) is 0.838. The molecule has 0 spiro atoms. The summed E-state index contributed by atoms with van der Waals surface area (Å²) in [6, 6.07) is 5.72. The summed E-state index contributed by atoms with van der Waals surface area (Å²) in [6.45, 7) is 0. The molecule has 0 heterocycles. The van der Waals surface area contributed by atoms with Gasteiger partial charge in [0.1, 0.15) is 17.3 Å². The Morgan fingerprint density at radius 1 is 1.00 bits per heavy atom. The summed E-state index contributed by atoms with van der Waals surface area (Å²) >= 11 is 0. The van der Waals surface area contributed by atoms with Gasteiger partial charge in [0.05, 0.1) is 12.8 Å². The van der Waals surface area contributed by atoms with Gasteiger partial charge in [-0.05, 0) is 24.3 Å². The lowest BCUT2D eigenvalue weighted by atomic mass is 10.2. The number of hydrogen-bond acceptors (Lipinski definition) is 3. The molecule has 0 saturated heterocycles. The van der Waals surface area contributed by atoms with E-state index in [-0.39, 0.29) is 11.4 Å². The predicted molar refractivity (Wildman–Crippen MR) is 67.0 cm³/mol. The van der Waals surface area contributed by atoms with Gasteiger partial charge in [0.2, 0.25) is 0 Å². The molecular formula is C13H11F3N2O. The molecule has 0 fully saturated rings. The number of methoxy groups -OCH3 is 1. The lowest BCUT2D eigenvalue weighted by Crippen LogP contribution is -2.01. The molecule has 0 unspecified atom stereocenters. The first kappa shape index (κ1) is 13.1. The van der Waals surface area contributed by atoms with Crippen LogP contribution < -0.4 is 15.8 Å². The van der Waals surface area contributed by atoms with Crippen molar-refractivity contribution in [3.05, 3.63) is 47.8 Å². The smallest absolute Gasteiger partial charge is 0.151 e. The Hall–Kier alpha value is -2.37. The molecule has 0 aliphatic heterocycles. The molecule has 0 bridgehead atoms. The minimum absolute atomic E-state index is 0.0494. The van der Waals surface area contributed by atoms with Gasteiger partial charge in [0, 0.05) is 11.8 Å². The van der Waals surface area contributed by atoms with Crippen LogP contribution in [0.1, 0.15) is 0 Å². The minimum Gasteiger partial charge on any atom is -0.497 e. The zero-order valence-electron chi connectivity index (χ0n) is 10.0. The van der Waals surface area contributed by atoms with Crippen molar-refractivity contribution in [2.24, 2.45) is 0 Å². The number of nitrogens with one attached hydrogen (secondary N) is 1. The first-order valence-electron chi connectivity index (χ1n) is 5.36. The second-order valence-electron chi connectivity index (χ2n) is 3.83. The van der Waals surface area contributed by atoms with Gasteiger partial charge in [-0.3, -0.25) is 0 Å². The fourth-order valence-corrected chi connectivity index (χ4v) is 1.57. The number of anilines is 3. The van der Waals surface area contributed by atoms with E-state index in [0.717, 1.165) is 18.2 Å². The lowest BCUT2D eigenvalue weighted by Gasteiger charge is -2.11. The summed E-state index contributed by atoms with van der Waals surface area (Å²) in [7, 11) is 1.40. The van der Waals surface area contributed by atoms with Gasteiger partial charge in [-0.15, -0.1) is 0 Å². The monoisotopic (exact) mass is 268 g/mol. The molecule has 6 heteroatoms. The van der Waals surface area contributed by atoms with Crippen molar-refractivity contribution in [3.8, 4) is 5.75 Å². The van der Waals surface area contributed by atoms with Crippen LogP contribution in [0.15, 0.2) is 30.3 Å². The predicted octanol–water partition coefficient (Wildman–Crippen LogP) is 3.44. The zero-order valence-corrected chi connectivity index (χ0v) is 10.0. The van der Waals surface area contributed by atoms with Crippen molar-refractivity contribution in [3.63, 3.8) is 0 Å². The van der Waals surface area contributed by atoms with Crippen LogP contribution in [0.2, 0.25) is 0 Å². The van der Waals surface area contributed by atoms with Crippen molar-refractivity contribution in [2.45, 2.75) is 0 Å². The highest BCUT2D eigenvalue weighted by Crippen LogP contribution is 2.29. The fourth-order valence-electron chi connectivity index (χ4n) is 1.57. The van der Waals surface area contributed by atoms with Crippen LogP contribution in [0.25, 0.3) is 0 Å². The molecule has 3 nitrogen and oxygen atoms in total. The van der Waals surface area contributed by atoms with Gasteiger partial charge >= 0.3 is 0 Å². The second kappa shape index (κ2) is 5.09. The van der Waals surface area contributed by atoms with Gasteiger partial charge in [0.15, 0.2) is 11.6 Å². The zero-order chi connectivity index (χ0) is 14.0. The van der Waals surface area contributed by atoms with Crippen LogP contribution in [-0.2, 0) is 0 Å². The maximum atomic E-state index is 13.6. The van der Waals surface area contributed by atoms with E-state index in [2.05, 4.69) is 5.32 Å². The molecule has 0 amide bonds. The van der Waals surface area contributed by atoms with Gasteiger partial charge < -0.3 is 15.8 Å². The highest BCUT2D eigenvalue weighted by Gasteiger charge is 2.13. The molecule has 0 aliphatic carbocycles. The molecule has 2 rings (SSSR count). The number of halogens is 3. The third kappa shape index (κ3) is 2.73. The van der Waals surface area contributed by atoms with Crippen LogP contribution >= 0.6 is 0 Å². The number of hydrogen-bond donors (Lipinski definition) is 2.